The molecule has 4 rings (SSSR count). The largest absolute Gasteiger partial charge is 0.351 e. The van der Waals surface area contributed by atoms with Crippen molar-refractivity contribution < 1.29 is 22.4 Å². The molecule has 0 atom stereocenters. The molecule has 0 unspecified atom stereocenters. The van der Waals surface area contributed by atoms with Gasteiger partial charge in [-0.15, -0.1) is 0 Å². The van der Waals surface area contributed by atoms with E-state index in [1.165, 1.54) is 60.7 Å². The van der Waals surface area contributed by atoms with Crippen molar-refractivity contribution in [3.05, 3.63) is 130 Å². The highest BCUT2D eigenvalue weighted by Crippen LogP contribution is 2.13. The number of carbonyl (C=O) groups is 2. The number of rotatable bonds is 4. The number of carbonyl (C=O) groups excluding carboxylic acids is 2. The number of aryl methyl sites for hydroxylation is 1. The van der Waals surface area contributed by atoms with Crippen LogP contribution in [0.4, 0.5) is 4.39 Å². The van der Waals surface area contributed by atoms with E-state index in [1.54, 1.807) is 31.2 Å². The first-order valence-corrected chi connectivity index (χ1v) is 11.7. The summed E-state index contributed by atoms with van der Waals surface area (Å²) in [7, 11) is -4.58. The molecule has 0 bridgehead atoms. The van der Waals surface area contributed by atoms with Crippen LogP contribution in [0.3, 0.4) is 0 Å². The quantitative estimate of drug-likeness (QED) is 0.436. The van der Waals surface area contributed by atoms with Gasteiger partial charge in [-0.2, -0.15) is 8.96 Å². The lowest BCUT2D eigenvalue weighted by molar-refractivity contribution is 0.0944. The molecule has 0 aliphatic rings. The second-order valence-corrected chi connectivity index (χ2v) is 9.30. The Hall–Kier alpha value is -4.44. The van der Waals surface area contributed by atoms with Crippen molar-refractivity contribution in [1.29, 1.82) is 0 Å². The van der Waals surface area contributed by atoms with Gasteiger partial charge in [0, 0.05) is 11.1 Å². The van der Waals surface area contributed by atoms with E-state index < -0.39 is 38.8 Å². The predicted molar refractivity (Wildman–Crippen MR) is 125 cm³/mol. The van der Waals surface area contributed by atoms with Gasteiger partial charge in [0.15, 0.2) is 11.3 Å². The average Bonchev–Trinajstić information content (AvgIpc) is 2.87. The summed E-state index contributed by atoms with van der Waals surface area (Å²) in [5, 5.41) is 0. The van der Waals surface area contributed by atoms with E-state index in [-0.39, 0.29) is 24.6 Å². The summed E-state index contributed by atoms with van der Waals surface area (Å²) in [6.07, 6.45) is 0.406. The second-order valence-electron chi connectivity index (χ2n) is 7.49. The molecule has 0 N–H and O–H groups in total. The zero-order valence-corrected chi connectivity index (χ0v) is 19.1. The maximum absolute atomic E-state index is 15.3. The van der Waals surface area contributed by atoms with Crippen molar-refractivity contribution >= 4 is 21.8 Å². The summed E-state index contributed by atoms with van der Waals surface area (Å²) in [4.78, 5) is 42.6. The Kier molecular flexibility index (Phi) is 6.39. The van der Waals surface area contributed by atoms with E-state index in [1.807, 2.05) is 0 Å². The third kappa shape index (κ3) is 4.64. The summed E-state index contributed by atoms with van der Waals surface area (Å²) in [5.41, 5.74) is -1.50. The molecule has 1 aromatic heterocycles. The smallest absolute Gasteiger partial charge is 0.268 e. The first-order chi connectivity index (χ1) is 16.7. The van der Waals surface area contributed by atoms with Gasteiger partial charge < -0.3 is 0 Å². The molecule has 176 valence electrons. The molecule has 1 heterocycles. The molecule has 0 aliphatic carbocycles. The molecule has 0 saturated carbocycles. The molecule has 0 aliphatic heterocycles. The van der Waals surface area contributed by atoms with Gasteiger partial charge in [-0.3, -0.25) is 9.59 Å². The topological polar surface area (TPSA) is 108 Å². The number of hydrogen-bond donors (Lipinski definition) is 0. The van der Waals surface area contributed by atoms with Crippen LogP contribution in [-0.2, 0) is 10.0 Å². The lowest BCUT2D eigenvalue weighted by Gasteiger charge is -2.12. The Balaban J connectivity index is 2.01. The van der Waals surface area contributed by atoms with E-state index in [0.29, 0.717) is 6.20 Å². The minimum absolute atomic E-state index is 0.0388. The van der Waals surface area contributed by atoms with Crippen molar-refractivity contribution in [3.8, 4) is 0 Å². The molecule has 35 heavy (non-hydrogen) atoms. The number of halogens is 1. The summed E-state index contributed by atoms with van der Waals surface area (Å²) >= 11 is 0. The molecule has 3 aromatic carbocycles. The monoisotopic (exact) mass is 491 g/mol. The minimum atomic E-state index is -4.58. The SMILES string of the molecule is Cc1ccc(S(=O)(=O)n2cc(F)/c(=N\C(=O)c3ccccc3)n(C(=O)c3ccccc3)c2=O)cc1. The molecular weight excluding hydrogens is 473 g/mol. The second kappa shape index (κ2) is 9.43. The van der Waals surface area contributed by atoms with Crippen molar-refractivity contribution in [1.82, 2.24) is 8.54 Å². The summed E-state index contributed by atoms with van der Waals surface area (Å²) in [6, 6.07) is 20.6. The van der Waals surface area contributed by atoms with Crippen molar-refractivity contribution in [2.45, 2.75) is 11.8 Å². The third-order valence-electron chi connectivity index (χ3n) is 5.07. The van der Waals surface area contributed by atoms with Crippen molar-refractivity contribution in [3.63, 3.8) is 0 Å². The van der Waals surface area contributed by atoms with Crippen LogP contribution in [0, 0.1) is 12.7 Å². The van der Waals surface area contributed by atoms with E-state index in [0.717, 1.165) is 5.56 Å². The number of aromatic nitrogens is 2. The Bertz CT molecular complexity index is 1660. The fraction of sp³-hybridized carbons (Fsp3) is 0.0400. The number of amides is 1. The van der Waals surface area contributed by atoms with Crippen LogP contribution >= 0.6 is 0 Å². The van der Waals surface area contributed by atoms with Gasteiger partial charge >= 0.3 is 5.69 Å². The summed E-state index contributed by atoms with van der Waals surface area (Å²) in [6.45, 7) is 1.74. The van der Waals surface area contributed by atoms with Crippen LogP contribution in [0.5, 0.6) is 0 Å². The molecule has 0 fully saturated rings. The van der Waals surface area contributed by atoms with Crippen LogP contribution in [0.25, 0.3) is 0 Å². The zero-order valence-electron chi connectivity index (χ0n) is 18.3. The van der Waals surface area contributed by atoms with Gasteiger partial charge in [-0.1, -0.05) is 54.1 Å². The molecule has 4 aromatic rings. The minimum Gasteiger partial charge on any atom is -0.268 e. The standard InChI is InChI=1S/C25H18FN3O5S/c1-17-12-14-20(15-13-17)35(33,34)28-16-21(26)22(27-23(30)18-8-4-2-5-9-18)29(25(28)32)24(31)19-10-6-3-7-11-19/h2-16H,1H3/b27-22+. The van der Waals surface area contributed by atoms with E-state index >= 15 is 4.39 Å². The fourth-order valence-corrected chi connectivity index (χ4v) is 4.47. The highest BCUT2D eigenvalue weighted by Gasteiger charge is 2.25. The van der Waals surface area contributed by atoms with E-state index in [9.17, 15) is 22.8 Å². The third-order valence-corrected chi connectivity index (χ3v) is 6.71. The molecule has 1 amide bonds. The summed E-state index contributed by atoms with van der Waals surface area (Å²) < 4.78 is 42.0. The molecule has 0 radical (unpaired) electrons. The van der Waals surface area contributed by atoms with Crippen LogP contribution in [0.1, 0.15) is 26.3 Å². The molecule has 0 saturated heterocycles. The van der Waals surface area contributed by atoms with Gasteiger partial charge in [0.2, 0.25) is 0 Å². The van der Waals surface area contributed by atoms with Crippen LogP contribution in [0.2, 0.25) is 0 Å². The Morgan fingerprint density at radius 2 is 1.37 bits per heavy atom. The lowest BCUT2D eigenvalue weighted by Crippen LogP contribution is -2.47. The molecular formula is C25H18FN3O5S. The maximum atomic E-state index is 15.3. The highest BCUT2D eigenvalue weighted by molar-refractivity contribution is 7.90. The zero-order chi connectivity index (χ0) is 25.2. The normalized spacial score (nSPS) is 11.9. The van der Waals surface area contributed by atoms with Gasteiger partial charge in [0.25, 0.3) is 21.8 Å². The Morgan fingerprint density at radius 1 is 0.829 bits per heavy atom. The average molecular weight is 492 g/mol. The van der Waals surface area contributed by atoms with Crippen LogP contribution < -0.4 is 11.2 Å². The Labute approximate surface area is 199 Å². The van der Waals surface area contributed by atoms with Gasteiger partial charge in [0.05, 0.1) is 11.1 Å². The summed E-state index contributed by atoms with van der Waals surface area (Å²) in [5.74, 6) is -3.32. The van der Waals surface area contributed by atoms with E-state index in [2.05, 4.69) is 4.99 Å². The molecule has 10 heteroatoms. The number of hydrogen-bond acceptors (Lipinski definition) is 5. The lowest BCUT2D eigenvalue weighted by atomic mass is 10.2. The van der Waals surface area contributed by atoms with Crippen LogP contribution in [-0.4, -0.2) is 28.8 Å². The van der Waals surface area contributed by atoms with Crippen LogP contribution in [0.15, 0.2) is 106 Å². The number of nitrogens with zero attached hydrogens (tertiary/aromatic N) is 3. The van der Waals surface area contributed by atoms with Gasteiger partial charge in [-0.05, 0) is 43.3 Å². The number of benzene rings is 3. The molecule has 8 nitrogen and oxygen atoms in total. The van der Waals surface area contributed by atoms with Gasteiger partial charge in [0.1, 0.15) is 0 Å². The van der Waals surface area contributed by atoms with Gasteiger partial charge in [-0.25, -0.2) is 22.2 Å². The van der Waals surface area contributed by atoms with Crippen molar-refractivity contribution in [2.75, 3.05) is 0 Å². The first kappa shape index (κ1) is 23.7. The fourth-order valence-electron chi connectivity index (χ4n) is 3.25. The maximum Gasteiger partial charge on any atom is 0.351 e. The Morgan fingerprint density at radius 3 is 1.94 bits per heavy atom. The van der Waals surface area contributed by atoms with Crippen molar-refractivity contribution in [2.24, 2.45) is 4.99 Å². The highest BCUT2D eigenvalue weighted by atomic mass is 32.2. The van der Waals surface area contributed by atoms with E-state index in [4.69, 9.17) is 0 Å². The molecule has 0 spiro atoms. The predicted octanol–water partition coefficient (Wildman–Crippen LogP) is 2.76. The first-order valence-electron chi connectivity index (χ1n) is 10.3.